The zero-order valence-electron chi connectivity index (χ0n) is 30.2. The van der Waals surface area contributed by atoms with E-state index in [-0.39, 0.29) is 137 Å². The van der Waals surface area contributed by atoms with Crippen LogP contribution in [0, 0.1) is 0 Å². The summed E-state index contributed by atoms with van der Waals surface area (Å²) in [4.78, 5) is 66.8. The molecule has 2 atom stereocenters. The van der Waals surface area contributed by atoms with Crippen molar-refractivity contribution >= 4 is 73.4 Å². The Labute approximate surface area is 331 Å². The Morgan fingerprint density at radius 2 is 0.863 bits per heavy atom. The standard InChI is InChI=1S/2C17H30N2O6.Ca/c2*1-2-3-4-5-6-15(21)18-9-12-19(13-14-20,10-7-16(22)23)11-8-17(24)25;/h2*2,20H,1,3-14H2,(H2-,18,21,22,23,24,25);/q;;+2. The molecule has 2 amide bonds. The molecule has 0 aliphatic heterocycles. The van der Waals surface area contributed by atoms with Crippen LogP contribution in [-0.2, 0) is 28.8 Å². The minimum Gasteiger partial charge on any atom is -0.550 e. The fourth-order valence-corrected chi connectivity index (χ4v) is 5.28. The molecule has 2 unspecified atom stereocenters. The molecule has 51 heavy (non-hydrogen) atoms. The Kier molecular flexibility index (Phi) is 34.4. The topological polar surface area (TPSA) is 254 Å². The number of aliphatic hydroxyl groups is 2. The van der Waals surface area contributed by atoms with Crippen molar-refractivity contribution in [1.29, 1.82) is 0 Å². The molecular weight excluding hydrogens is 696 g/mol. The van der Waals surface area contributed by atoms with Crippen molar-refractivity contribution in [2.24, 2.45) is 0 Å². The molecule has 0 fully saturated rings. The predicted molar refractivity (Wildman–Crippen MR) is 186 cm³/mol. The van der Waals surface area contributed by atoms with Gasteiger partial charge in [-0.05, 0) is 38.5 Å². The van der Waals surface area contributed by atoms with Crippen molar-refractivity contribution in [2.45, 2.75) is 77.0 Å². The molecule has 0 rings (SSSR count). The molecule has 0 heterocycles. The summed E-state index contributed by atoms with van der Waals surface area (Å²) in [5, 5.41) is 63.5. The van der Waals surface area contributed by atoms with Crippen LogP contribution in [0.2, 0.25) is 0 Å². The summed E-state index contributed by atoms with van der Waals surface area (Å²) in [6, 6.07) is 0. The van der Waals surface area contributed by atoms with E-state index in [9.17, 15) is 49.2 Å². The van der Waals surface area contributed by atoms with Crippen molar-refractivity contribution < 1.29 is 68.4 Å². The van der Waals surface area contributed by atoms with E-state index in [1.807, 2.05) is 0 Å². The zero-order chi connectivity index (χ0) is 38.3. The van der Waals surface area contributed by atoms with Crippen LogP contribution in [0.3, 0.4) is 0 Å². The summed E-state index contributed by atoms with van der Waals surface area (Å²) in [7, 11) is 0. The summed E-state index contributed by atoms with van der Waals surface area (Å²) in [6.07, 6.45) is 8.73. The van der Waals surface area contributed by atoms with Crippen LogP contribution in [0.25, 0.3) is 0 Å². The Balaban J connectivity index is -0.000000886. The number of carboxylic acids is 4. The van der Waals surface area contributed by atoms with Crippen molar-refractivity contribution in [3.8, 4) is 0 Å². The number of unbranched alkanes of at least 4 members (excludes halogenated alkanes) is 4. The van der Waals surface area contributed by atoms with E-state index in [4.69, 9.17) is 10.2 Å². The second-order valence-electron chi connectivity index (χ2n) is 12.2. The average Bonchev–Trinajstić information content (AvgIpc) is 3.05. The number of allylic oxidation sites excluding steroid dienone is 2. The van der Waals surface area contributed by atoms with E-state index in [0.717, 1.165) is 38.5 Å². The van der Waals surface area contributed by atoms with E-state index < -0.39 is 23.9 Å². The smallest absolute Gasteiger partial charge is 0.550 e. The second-order valence-corrected chi connectivity index (χ2v) is 12.2. The van der Waals surface area contributed by atoms with Gasteiger partial charge in [0, 0.05) is 37.6 Å². The number of nitrogens with one attached hydrogen (secondary N) is 2. The van der Waals surface area contributed by atoms with Crippen LogP contribution in [-0.4, -0.2) is 181 Å². The Morgan fingerprint density at radius 3 is 1.14 bits per heavy atom. The fraction of sp³-hybridized carbons (Fsp3) is 0.706. The number of carbonyl (C=O) groups is 6. The van der Waals surface area contributed by atoms with Gasteiger partial charge in [-0.2, -0.15) is 0 Å². The number of hydrogen-bond donors (Lipinski definition) is 6. The number of aliphatic carboxylic acids is 4. The summed E-state index contributed by atoms with van der Waals surface area (Å²) in [5.41, 5.74) is 0. The molecule has 0 saturated heterocycles. The maximum atomic E-state index is 11.8. The van der Waals surface area contributed by atoms with Gasteiger partial charge in [0.15, 0.2) is 0 Å². The monoisotopic (exact) mass is 756 g/mol. The number of hydrogen-bond acceptors (Lipinski definition) is 10. The van der Waals surface area contributed by atoms with Crippen LogP contribution < -0.4 is 20.8 Å². The van der Waals surface area contributed by atoms with Crippen LogP contribution in [0.15, 0.2) is 25.3 Å². The zero-order valence-corrected chi connectivity index (χ0v) is 32.4. The molecule has 0 aromatic rings. The van der Waals surface area contributed by atoms with Crippen LogP contribution in [0.1, 0.15) is 77.0 Å². The van der Waals surface area contributed by atoms with Crippen LogP contribution in [0.5, 0.6) is 0 Å². The maximum absolute atomic E-state index is 11.8. The first-order valence-electron chi connectivity index (χ1n) is 17.2. The van der Waals surface area contributed by atoms with Gasteiger partial charge in [-0.3, -0.25) is 19.2 Å². The molecule has 0 aromatic heterocycles. The Hall–Kier alpha value is -2.60. The molecule has 0 bridgehead atoms. The SMILES string of the molecule is C=CCCCCC(=O)NCC[N+](CCO)(CCC(=O)[O-])CCC(=O)O.C=CCCCCC(=O)NCC[N+](CCO)(CCC(=O)[O-])CCC(=O)O.[Ca+2]. The van der Waals surface area contributed by atoms with Gasteiger partial charge in [-0.15, -0.1) is 13.2 Å². The summed E-state index contributed by atoms with van der Waals surface area (Å²) in [6.45, 7) is 9.34. The number of rotatable bonds is 32. The number of aliphatic hydroxyl groups excluding tert-OH is 2. The van der Waals surface area contributed by atoms with Crippen LogP contribution in [0.4, 0.5) is 0 Å². The molecule has 288 valence electrons. The van der Waals surface area contributed by atoms with Gasteiger partial charge in [-0.25, -0.2) is 0 Å². The molecule has 0 aliphatic rings. The maximum Gasteiger partial charge on any atom is 2.00 e. The van der Waals surface area contributed by atoms with Gasteiger partial charge >= 0.3 is 49.7 Å². The first-order chi connectivity index (χ1) is 23.7. The normalized spacial score (nSPS) is 12.7. The van der Waals surface area contributed by atoms with Gasteiger partial charge in [0.05, 0.1) is 78.4 Å². The number of quaternary nitrogens is 2. The molecule has 0 aliphatic carbocycles. The van der Waals surface area contributed by atoms with Gasteiger partial charge in [-0.1, -0.05) is 12.2 Å². The van der Waals surface area contributed by atoms with Crippen molar-refractivity contribution in [3.63, 3.8) is 0 Å². The molecule has 0 spiro atoms. The summed E-state index contributed by atoms with van der Waals surface area (Å²) < 4.78 is 0.237. The van der Waals surface area contributed by atoms with Crippen LogP contribution >= 0.6 is 0 Å². The van der Waals surface area contributed by atoms with Crippen molar-refractivity contribution in [1.82, 2.24) is 10.6 Å². The second kappa shape index (κ2) is 33.2. The summed E-state index contributed by atoms with van der Waals surface area (Å²) in [5.74, 6) is -4.60. The molecule has 16 nitrogen and oxygen atoms in total. The van der Waals surface area contributed by atoms with E-state index in [0.29, 0.717) is 39.0 Å². The van der Waals surface area contributed by atoms with Gasteiger partial charge < -0.3 is 59.8 Å². The van der Waals surface area contributed by atoms with E-state index in [1.54, 1.807) is 12.2 Å². The molecule has 6 N–H and O–H groups in total. The molecule has 0 aromatic carbocycles. The van der Waals surface area contributed by atoms with Gasteiger partial charge in [0.25, 0.3) is 0 Å². The Morgan fingerprint density at radius 1 is 0.529 bits per heavy atom. The first kappa shape index (κ1) is 52.8. The Bertz CT molecular complexity index is 929. The van der Waals surface area contributed by atoms with Gasteiger partial charge in [0.2, 0.25) is 11.8 Å². The quantitative estimate of drug-likeness (QED) is 0.0192. The predicted octanol–water partition coefficient (Wildman–Crippen LogP) is -1.84. The minimum absolute atomic E-state index is 0. The molecule has 17 heteroatoms. The van der Waals surface area contributed by atoms with E-state index in [1.165, 1.54) is 0 Å². The third kappa shape index (κ3) is 31.8. The average molecular weight is 757 g/mol. The minimum atomic E-state index is -1.22. The molecule has 0 saturated carbocycles. The molecule has 0 radical (unpaired) electrons. The van der Waals surface area contributed by atoms with Crippen molar-refractivity contribution in [2.75, 3.05) is 78.7 Å². The first-order valence-corrected chi connectivity index (χ1v) is 17.2. The number of nitrogens with zero attached hydrogens (tertiary/aromatic N) is 2. The fourth-order valence-electron chi connectivity index (χ4n) is 5.28. The third-order valence-corrected chi connectivity index (χ3v) is 8.27. The van der Waals surface area contributed by atoms with Gasteiger partial charge in [0.1, 0.15) is 13.1 Å². The number of carboxylic acid groups (broad SMARTS) is 4. The number of carbonyl (C=O) groups excluding carboxylic acids is 4. The summed E-state index contributed by atoms with van der Waals surface area (Å²) >= 11 is 0. The third-order valence-electron chi connectivity index (χ3n) is 8.27. The number of amides is 2. The molecular formula is C34H60CaN4O12+2. The largest absolute Gasteiger partial charge is 2.00 e. The van der Waals surface area contributed by atoms with Crippen molar-refractivity contribution in [3.05, 3.63) is 25.3 Å². The van der Waals surface area contributed by atoms with E-state index >= 15 is 0 Å². The van der Waals surface area contributed by atoms with E-state index in [2.05, 4.69) is 23.8 Å².